The molecule has 0 saturated carbocycles. The molecule has 0 bridgehead atoms. The van der Waals surface area contributed by atoms with E-state index in [1.165, 1.54) is 0 Å². The van der Waals surface area contributed by atoms with Crippen molar-refractivity contribution < 1.29 is 13.2 Å². The Kier molecular flexibility index (Phi) is 4.11. The Morgan fingerprint density at radius 3 is 2.48 bits per heavy atom. The standard InChI is InChI=1S/C18H21N3O3S/c22-18(20-9-4-5-10-20)16-12-17(14-6-2-1-3-7-14)21(19-16)15-8-11-25(23,24)13-15/h1-3,6-7,12,15H,4-5,8-11,13H2. The van der Waals surface area contributed by atoms with Crippen molar-refractivity contribution in [3.8, 4) is 11.3 Å². The molecule has 0 radical (unpaired) electrons. The van der Waals surface area contributed by atoms with E-state index >= 15 is 0 Å². The van der Waals surface area contributed by atoms with Crippen LogP contribution in [-0.4, -0.2) is 53.6 Å². The van der Waals surface area contributed by atoms with Gasteiger partial charge in [0.2, 0.25) is 0 Å². The summed E-state index contributed by atoms with van der Waals surface area (Å²) in [5.74, 6) is 0.210. The van der Waals surface area contributed by atoms with Crippen molar-refractivity contribution in [2.45, 2.75) is 25.3 Å². The van der Waals surface area contributed by atoms with Gasteiger partial charge in [-0.25, -0.2) is 8.42 Å². The minimum atomic E-state index is -3.03. The maximum absolute atomic E-state index is 12.7. The summed E-state index contributed by atoms with van der Waals surface area (Å²) in [6, 6.07) is 11.3. The van der Waals surface area contributed by atoms with E-state index in [1.54, 1.807) is 10.7 Å². The monoisotopic (exact) mass is 359 g/mol. The van der Waals surface area contributed by atoms with Gasteiger partial charge in [0.15, 0.2) is 15.5 Å². The number of aromatic nitrogens is 2. The molecule has 2 fully saturated rings. The van der Waals surface area contributed by atoms with Gasteiger partial charge in [0.1, 0.15) is 0 Å². The lowest BCUT2D eigenvalue weighted by atomic mass is 10.1. The lowest BCUT2D eigenvalue weighted by Gasteiger charge is -2.14. The quantitative estimate of drug-likeness (QED) is 0.842. The topological polar surface area (TPSA) is 72.3 Å². The first-order valence-corrected chi connectivity index (χ1v) is 10.5. The maximum Gasteiger partial charge on any atom is 0.274 e. The van der Waals surface area contributed by atoms with Crippen LogP contribution in [0.2, 0.25) is 0 Å². The number of likely N-dealkylation sites (tertiary alicyclic amines) is 1. The highest BCUT2D eigenvalue weighted by Crippen LogP contribution is 2.30. The maximum atomic E-state index is 12.7. The molecule has 2 aliphatic heterocycles. The third-order valence-electron chi connectivity index (χ3n) is 4.97. The minimum Gasteiger partial charge on any atom is -0.337 e. The Bertz CT molecular complexity index is 884. The van der Waals surface area contributed by atoms with E-state index in [9.17, 15) is 13.2 Å². The lowest BCUT2D eigenvalue weighted by molar-refractivity contribution is 0.0786. The second-order valence-corrected chi connectivity index (χ2v) is 9.01. The number of hydrogen-bond acceptors (Lipinski definition) is 4. The minimum absolute atomic E-state index is 0.0608. The van der Waals surface area contributed by atoms with Crippen LogP contribution in [0.1, 0.15) is 35.8 Å². The number of carbonyl (C=O) groups excluding carboxylic acids is 1. The van der Waals surface area contributed by atoms with Crippen molar-refractivity contribution >= 4 is 15.7 Å². The van der Waals surface area contributed by atoms with Crippen LogP contribution < -0.4 is 0 Å². The Labute approximate surface area is 147 Å². The van der Waals surface area contributed by atoms with Crippen LogP contribution in [0.4, 0.5) is 0 Å². The van der Waals surface area contributed by atoms with Crippen LogP contribution in [0.5, 0.6) is 0 Å². The SMILES string of the molecule is O=C(c1cc(-c2ccccc2)n(C2CCS(=O)(=O)C2)n1)N1CCCC1. The molecular weight excluding hydrogens is 338 g/mol. The average molecular weight is 359 g/mol. The Morgan fingerprint density at radius 2 is 1.84 bits per heavy atom. The highest BCUT2D eigenvalue weighted by Gasteiger charge is 2.32. The number of rotatable bonds is 3. The molecule has 25 heavy (non-hydrogen) atoms. The molecule has 132 valence electrons. The third-order valence-corrected chi connectivity index (χ3v) is 6.72. The summed E-state index contributed by atoms with van der Waals surface area (Å²) in [5, 5.41) is 4.54. The van der Waals surface area contributed by atoms with Crippen LogP contribution in [0.25, 0.3) is 11.3 Å². The summed E-state index contributed by atoms with van der Waals surface area (Å²) in [4.78, 5) is 14.5. The molecule has 6 nitrogen and oxygen atoms in total. The molecule has 4 rings (SSSR count). The Hall–Kier alpha value is -2.15. The fourth-order valence-corrected chi connectivity index (χ4v) is 5.34. The van der Waals surface area contributed by atoms with E-state index in [4.69, 9.17) is 0 Å². The number of benzene rings is 1. The summed E-state index contributed by atoms with van der Waals surface area (Å²) in [6.07, 6.45) is 2.60. The van der Waals surface area contributed by atoms with Gasteiger partial charge >= 0.3 is 0 Å². The zero-order valence-electron chi connectivity index (χ0n) is 14.0. The van der Waals surface area contributed by atoms with E-state index in [0.717, 1.165) is 37.2 Å². The predicted octanol–water partition coefficient (Wildman–Crippen LogP) is 2.15. The molecule has 2 aromatic rings. The highest BCUT2D eigenvalue weighted by atomic mass is 32.2. The van der Waals surface area contributed by atoms with Gasteiger partial charge in [0.25, 0.3) is 5.91 Å². The van der Waals surface area contributed by atoms with Crippen LogP contribution >= 0.6 is 0 Å². The molecule has 7 heteroatoms. The molecule has 2 saturated heterocycles. The number of hydrogen-bond donors (Lipinski definition) is 0. The number of nitrogens with zero attached hydrogens (tertiary/aromatic N) is 3. The van der Waals surface area contributed by atoms with Gasteiger partial charge in [-0.1, -0.05) is 30.3 Å². The van der Waals surface area contributed by atoms with Crippen molar-refractivity contribution in [3.05, 3.63) is 42.1 Å². The molecule has 1 atom stereocenters. The van der Waals surface area contributed by atoms with Gasteiger partial charge in [0, 0.05) is 13.1 Å². The third kappa shape index (κ3) is 3.20. The van der Waals surface area contributed by atoms with E-state index in [0.29, 0.717) is 12.1 Å². The molecule has 0 N–H and O–H groups in total. The molecule has 1 amide bonds. The normalized spacial score (nSPS) is 22.4. The second kappa shape index (κ2) is 6.29. The number of amides is 1. The average Bonchev–Trinajstić information content (AvgIpc) is 3.34. The van der Waals surface area contributed by atoms with Crippen molar-refractivity contribution in [2.75, 3.05) is 24.6 Å². The molecule has 1 aromatic carbocycles. The zero-order valence-corrected chi connectivity index (χ0v) is 14.8. The van der Waals surface area contributed by atoms with E-state index < -0.39 is 9.84 Å². The van der Waals surface area contributed by atoms with Gasteiger partial charge in [-0.3, -0.25) is 9.48 Å². The summed E-state index contributed by atoms with van der Waals surface area (Å²) in [5.41, 5.74) is 2.16. The first-order chi connectivity index (χ1) is 12.0. The zero-order chi connectivity index (χ0) is 17.4. The first kappa shape index (κ1) is 16.3. The Morgan fingerprint density at radius 1 is 1.12 bits per heavy atom. The summed E-state index contributed by atoms with van der Waals surface area (Å²) < 4.78 is 25.5. The summed E-state index contributed by atoms with van der Waals surface area (Å²) in [6.45, 7) is 1.54. The predicted molar refractivity (Wildman–Crippen MR) is 95.1 cm³/mol. The molecule has 2 aliphatic rings. The lowest BCUT2D eigenvalue weighted by Crippen LogP contribution is -2.28. The van der Waals surface area contributed by atoms with Gasteiger partial charge in [0.05, 0.1) is 23.2 Å². The molecule has 0 spiro atoms. The second-order valence-electron chi connectivity index (χ2n) is 6.78. The molecule has 0 aliphatic carbocycles. The van der Waals surface area contributed by atoms with Crippen LogP contribution in [0, 0.1) is 0 Å². The fraction of sp³-hybridized carbons (Fsp3) is 0.444. The van der Waals surface area contributed by atoms with Crippen molar-refractivity contribution in [1.82, 2.24) is 14.7 Å². The molecule has 1 unspecified atom stereocenters. The van der Waals surface area contributed by atoms with E-state index in [-0.39, 0.29) is 23.5 Å². The van der Waals surface area contributed by atoms with Gasteiger partial charge in [-0.15, -0.1) is 0 Å². The summed E-state index contributed by atoms with van der Waals surface area (Å²) >= 11 is 0. The molecule has 1 aromatic heterocycles. The Balaban J connectivity index is 1.74. The van der Waals surface area contributed by atoms with Crippen LogP contribution in [0.15, 0.2) is 36.4 Å². The smallest absolute Gasteiger partial charge is 0.274 e. The van der Waals surface area contributed by atoms with Gasteiger partial charge < -0.3 is 4.90 Å². The van der Waals surface area contributed by atoms with Gasteiger partial charge in [-0.2, -0.15) is 5.10 Å². The fourth-order valence-electron chi connectivity index (χ4n) is 3.65. The largest absolute Gasteiger partial charge is 0.337 e. The first-order valence-electron chi connectivity index (χ1n) is 8.68. The van der Waals surface area contributed by atoms with Crippen molar-refractivity contribution in [2.24, 2.45) is 0 Å². The highest BCUT2D eigenvalue weighted by molar-refractivity contribution is 7.91. The van der Waals surface area contributed by atoms with E-state index in [1.807, 2.05) is 35.2 Å². The summed E-state index contributed by atoms with van der Waals surface area (Å²) in [7, 11) is -3.03. The van der Waals surface area contributed by atoms with Crippen molar-refractivity contribution in [3.63, 3.8) is 0 Å². The number of sulfone groups is 1. The van der Waals surface area contributed by atoms with E-state index in [2.05, 4.69) is 5.10 Å². The molecular formula is C18H21N3O3S. The number of carbonyl (C=O) groups is 1. The van der Waals surface area contributed by atoms with Crippen LogP contribution in [0.3, 0.4) is 0 Å². The van der Waals surface area contributed by atoms with Gasteiger partial charge in [-0.05, 0) is 30.9 Å². The van der Waals surface area contributed by atoms with Crippen LogP contribution in [-0.2, 0) is 9.84 Å². The molecule has 3 heterocycles. The van der Waals surface area contributed by atoms with Crippen molar-refractivity contribution in [1.29, 1.82) is 0 Å².